The van der Waals surface area contributed by atoms with E-state index >= 15 is 0 Å². The predicted octanol–water partition coefficient (Wildman–Crippen LogP) is 2.05. The fourth-order valence-corrected chi connectivity index (χ4v) is 2.27. The number of methoxy groups -OCH3 is 1. The number of Topliss-reactive ketones (excluding diaryl/α,β-unsaturated/α-hetero) is 1. The van der Waals surface area contributed by atoms with Crippen molar-refractivity contribution in [1.82, 2.24) is 0 Å². The van der Waals surface area contributed by atoms with E-state index in [1.807, 2.05) is 0 Å². The van der Waals surface area contributed by atoms with Gasteiger partial charge in [-0.25, -0.2) is 8.78 Å². The molecule has 3 nitrogen and oxygen atoms in total. The first kappa shape index (κ1) is 12.7. The lowest BCUT2D eigenvalue weighted by Gasteiger charge is -2.38. The zero-order chi connectivity index (χ0) is 13.5. The maximum atomic E-state index is 13.9. The maximum Gasteiger partial charge on any atom is 0.317 e. The van der Waals surface area contributed by atoms with Crippen LogP contribution in [-0.4, -0.2) is 18.9 Å². The Kier molecular flexibility index (Phi) is 2.92. The summed E-state index contributed by atoms with van der Waals surface area (Å²) in [5.41, 5.74) is -1.30. The molecule has 0 radical (unpaired) electrons. The van der Waals surface area contributed by atoms with Crippen LogP contribution in [-0.2, 0) is 19.7 Å². The highest BCUT2D eigenvalue weighted by Gasteiger charge is 2.53. The van der Waals surface area contributed by atoms with Crippen molar-refractivity contribution in [3.63, 3.8) is 0 Å². The standard InChI is InChI=1S/C13H12F2O3/c1-7-3-11(15)9(4-10(7)14)13(12(17)18-2)5-8(16)6-13/h3-4H,5-6H2,1-2H3. The first-order valence-corrected chi connectivity index (χ1v) is 5.47. The normalized spacial score (nSPS) is 17.2. The molecular formula is C13H12F2O3. The molecule has 0 bridgehead atoms. The highest BCUT2D eigenvalue weighted by Crippen LogP contribution is 2.43. The quantitative estimate of drug-likeness (QED) is 0.758. The van der Waals surface area contributed by atoms with Crippen molar-refractivity contribution in [1.29, 1.82) is 0 Å². The minimum absolute atomic E-state index is 0.1000. The average molecular weight is 254 g/mol. The summed E-state index contributed by atoms with van der Waals surface area (Å²) in [7, 11) is 1.16. The van der Waals surface area contributed by atoms with E-state index in [1.165, 1.54) is 6.92 Å². The lowest BCUT2D eigenvalue weighted by Crippen LogP contribution is -2.49. The van der Waals surface area contributed by atoms with Crippen LogP contribution in [0.25, 0.3) is 0 Å². The van der Waals surface area contributed by atoms with Crippen molar-refractivity contribution in [3.05, 3.63) is 34.9 Å². The minimum atomic E-state index is -1.36. The third-order valence-electron chi connectivity index (χ3n) is 3.34. The molecule has 0 amide bonds. The molecule has 0 aromatic heterocycles. The summed E-state index contributed by atoms with van der Waals surface area (Å²) in [6, 6.07) is 2.01. The SMILES string of the molecule is COC(=O)C1(c2cc(F)c(C)cc2F)CC(=O)C1. The molecule has 0 saturated heterocycles. The minimum Gasteiger partial charge on any atom is -0.468 e. The lowest BCUT2D eigenvalue weighted by atomic mass is 9.63. The number of halogens is 2. The number of ketones is 1. The van der Waals surface area contributed by atoms with Crippen LogP contribution in [0.15, 0.2) is 12.1 Å². The molecule has 5 heteroatoms. The fraction of sp³-hybridized carbons (Fsp3) is 0.385. The molecule has 1 fully saturated rings. The van der Waals surface area contributed by atoms with Gasteiger partial charge in [0.1, 0.15) is 22.8 Å². The second-order valence-corrected chi connectivity index (χ2v) is 4.55. The summed E-state index contributed by atoms with van der Waals surface area (Å²) < 4.78 is 32.0. The zero-order valence-electron chi connectivity index (χ0n) is 10.0. The zero-order valence-corrected chi connectivity index (χ0v) is 10.0. The van der Waals surface area contributed by atoms with Gasteiger partial charge in [0.2, 0.25) is 0 Å². The van der Waals surface area contributed by atoms with Crippen LogP contribution in [0.5, 0.6) is 0 Å². The predicted molar refractivity (Wildman–Crippen MR) is 59.0 cm³/mol. The molecule has 1 aromatic rings. The van der Waals surface area contributed by atoms with Crippen molar-refractivity contribution in [2.24, 2.45) is 0 Å². The Hall–Kier alpha value is -1.78. The summed E-state index contributed by atoms with van der Waals surface area (Å²) in [4.78, 5) is 22.9. The Morgan fingerprint density at radius 1 is 1.28 bits per heavy atom. The largest absolute Gasteiger partial charge is 0.468 e. The van der Waals surface area contributed by atoms with E-state index in [9.17, 15) is 18.4 Å². The van der Waals surface area contributed by atoms with Gasteiger partial charge in [0.05, 0.1) is 7.11 Å². The van der Waals surface area contributed by atoms with Gasteiger partial charge in [0, 0.05) is 18.4 Å². The van der Waals surface area contributed by atoms with Gasteiger partial charge in [-0.3, -0.25) is 9.59 Å². The molecule has 1 aliphatic rings. The Bertz CT molecular complexity index is 529. The number of benzene rings is 1. The van der Waals surface area contributed by atoms with Crippen LogP contribution >= 0.6 is 0 Å². The summed E-state index contributed by atoms with van der Waals surface area (Å²) in [6.45, 7) is 1.43. The molecule has 0 unspecified atom stereocenters. The number of carbonyl (C=O) groups excluding carboxylic acids is 2. The third-order valence-corrected chi connectivity index (χ3v) is 3.34. The smallest absolute Gasteiger partial charge is 0.317 e. The first-order chi connectivity index (χ1) is 8.40. The van der Waals surface area contributed by atoms with Crippen LogP contribution in [0.4, 0.5) is 8.78 Å². The number of hydrogen-bond acceptors (Lipinski definition) is 3. The maximum absolute atomic E-state index is 13.9. The van der Waals surface area contributed by atoms with Crippen molar-refractivity contribution >= 4 is 11.8 Å². The summed E-state index contributed by atoms with van der Waals surface area (Å²) in [5.74, 6) is -2.16. The van der Waals surface area contributed by atoms with Crippen molar-refractivity contribution in [2.45, 2.75) is 25.2 Å². The molecule has 1 aliphatic carbocycles. The van der Waals surface area contributed by atoms with Crippen LogP contribution in [0.1, 0.15) is 24.0 Å². The summed E-state index contributed by atoms with van der Waals surface area (Å²) >= 11 is 0. The average Bonchev–Trinajstić information content (AvgIpc) is 2.29. The Balaban J connectivity index is 2.54. The molecule has 96 valence electrons. The molecule has 18 heavy (non-hydrogen) atoms. The molecular weight excluding hydrogens is 242 g/mol. The van der Waals surface area contributed by atoms with E-state index in [2.05, 4.69) is 4.74 Å². The number of ether oxygens (including phenoxy) is 1. The van der Waals surface area contributed by atoms with Crippen molar-refractivity contribution in [3.8, 4) is 0 Å². The van der Waals surface area contributed by atoms with E-state index in [4.69, 9.17) is 0 Å². The molecule has 2 rings (SSSR count). The molecule has 1 aromatic carbocycles. The van der Waals surface area contributed by atoms with Gasteiger partial charge in [0.25, 0.3) is 0 Å². The van der Waals surface area contributed by atoms with Crippen LogP contribution in [0.2, 0.25) is 0 Å². The highest BCUT2D eigenvalue weighted by atomic mass is 19.1. The van der Waals surface area contributed by atoms with Gasteiger partial charge >= 0.3 is 5.97 Å². The number of rotatable bonds is 2. The van der Waals surface area contributed by atoms with Crippen molar-refractivity contribution < 1.29 is 23.1 Å². The molecule has 0 heterocycles. The summed E-state index contributed by atoms with van der Waals surface area (Å²) in [5, 5.41) is 0. The van der Waals surface area contributed by atoms with Crippen LogP contribution in [0, 0.1) is 18.6 Å². The van der Waals surface area contributed by atoms with Crippen LogP contribution < -0.4 is 0 Å². The highest BCUT2D eigenvalue weighted by molar-refractivity contribution is 6.02. The second kappa shape index (κ2) is 4.15. The Morgan fingerprint density at radius 2 is 1.89 bits per heavy atom. The van der Waals surface area contributed by atoms with Crippen molar-refractivity contribution in [2.75, 3.05) is 7.11 Å². The van der Waals surface area contributed by atoms with Gasteiger partial charge in [-0.1, -0.05) is 0 Å². The van der Waals surface area contributed by atoms with E-state index in [-0.39, 0.29) is 29.8 Å². The van der Waals surface area contributed by atoms with Crippen LogP contribution in [0.3, 0.4) is 0 Å². The number of esters is 1. The Morgan fingerprint density at radius 3 is 2.39 bits per heavy atom. The van der Waals surface area contributed by atoms with Gasteiger partial charge in [-0.15, -0.1) is 0 Å². The van der Waals surface area contributed by atoms with Gasteiger partial charge in [-0.05, 0) is 24.6 Å². The van der Waals surface area contributed by atoms with E-state index in [0.717, 1.165) is 19.2 Å². The number of carbonyl (C=O) groups is 2. The third kappa shape index (κ3) is 1.70. The molecule has 0 N–H and O–H groups in total. The number of hydrogen-bond donors (Lipinski definition) is 0. The first-order valence-electron chi connectivity index (χ1n) is 5.47. The number of aryl methyl sites for hydroxylation is 1. The van der Waals surface area contributed by atoms with Gasteiger partial charge in [-0.2, -0.15) is 0 Å². The molecule has 0 spiro atoms. The summed E-state index contributed by atoms with van der Waals surface area (Å²) in [6.07, 6.45) is -0.280. The monoisotopic (exact) mass is 254 g/mol. The van der Waals surface area contributed by atoms with E-state index in [1.54, 1.807) is 0 Å². The van der Waals surface area contributed by atoms with Gasteiger partial charge in [0.15, 0.2) is 0 Å². The van der Waals surface area contributed by atoms with Gasteiger partial charge < -0.3 is 4.74 Å². The molecule has 0 atom stereocenters. The Labute approximate surface area is 103 Å². The lowest BCUT2D eigenvalue weighted by molar-refractivity contribution is -0.156. The van der Waals surface area contributed by atoms with E-state index in [0.29, 0.717) is 0 Å². The fourth-order valence-electron chi connectivity index (χ4n) is 2.27. The van der Waals surface area contributed by atoms with E-state index < -0.39 is 23.0 Å². The second-order valence-electron chi connectivity index (χ2n) is 4.55. The molecule has 0 aliphatic heterocycles. The molecule has 1 saturated carbocycles. The topological polar surface area (TPSA) is 43.4 Å².